The lowest BCUT2D eigenvalue weighted by atomic mass is 10.0. The summed E-state index contributed by atoms with van der Waals surface area (Å²) in [6.07, 6.45) is 3.42. The lowest BCUT2D eigenvalue weighted by molar-refractivity contribution is 0.128. The minimum absolute atomic E-state index is 0.495. The van der Waals surface area contributed by atoms with Gasteiger partial charge >= 0.3 is 0 Å². The van der Waals surface area contributed by atoms with Gasteiger partial charge in [0, 0.05) is 45.9 Å². The van der Waals surface area contributed by atoms with Crippen molar-refractivity contribution in [3.63, 3.8) is 0 Å². The number of aliphatic imine (C=N–C) groups is 1. The Balaban J connectivity index is 1.59. The van der Waals surface area contributed by atoms with E-state index in [1.54, 1.807) is 0 Å². The van der Waals surface area contributed by atoms with E-state index in [1.165, 1.54) is 5.56 Å². The summed E-state index contributed by atoms with van der Waals surface area (Å²) in [5.74, 6) is 1.59. The molecule has 0 atom stereocenters. The number of piperidine rings is 1. The fourth-order valence-corrected chi connectivity index (χ4v) is 3.13. The monoisotopic (exact) mass is 360 g/mol. The number of nitrogens with zero attached hydrogens (tertiary/aromatic N) is 2. The topological polar surface area (TPSA) is 48.9 Å². The number of guanidine groups is 1. The van der Waals surface area contributed by atoms with Gasteiger partial charge in [0.05, 0.1) is 6.61 Å². The van der Waals surface area contributed by atoms with Crippen molar-refractivity contribution in [2.75, 3.05) is 39.9 Å². The molecular weight excluding hydrogens is 324 g/mol. The molecule has 2 N–H and O–H groups in total. The third-order valence-corrected chi connectivity index (χ3v) is 4.78. The van der Waals surface area contributed by atoms with Crippen LogP contribution < -0.4 is 10.6 Å². The molecule has 0 amide bonds. The van der Waals surface area contributed by atoms with Crippen molar-refractivity contribution in [1.29, 1.82) is 0 Å². The van der Waals surface area contributed by atoms with Crippen molar-refractivity contribution in [2.45, 2.75) is 45.7 Å². The van der Waals surface area contributed by atoms with Crippen LogP contribution in [0.2, 0.25) is 0 Å². The lowest BCUT2D eigenvalue weighted by Gasteiger charge is -2.33. The third-order valence-electron chi connectivity index (χ3n) is 4.78. The summed E-state index contributed by atoms with van der Waals surface area (Å²) in [5, 5.41) is 6.91. The van der Waals surface area contributed by atoms with Crippen LogP contribution in [0.1, 0.15) is 38.7 Å². The molecule has 2 rings (SSSR count). The Kier molecular flexibility index (Phi) is 9.50. The van der Waals surface area contributed by atoms with E-state index in [1.807, 2.05) is 7.05 Å². The molecule has 26 heavy (non-hydrogen) atoms. The molecule has 0 aliphatic carbocycles. The van der Waals surface area contributed by atoms with Gasteiger partial charge in [-0.3, -0.25) is 9.89 Å². The first-order chi connectivity index (χ1) is 12.7. The molecule has 1 fully saturated rings. The van der Waals surface area contributed by atoms with Gasteiger partial charge in [-0.05, 0) is 30.7 Å². The van der Waals surface area contributed by atoms with Crippen LogP contribution in [0.5, 0.6) is 0 Å². The molecule has 5 nitrogen and oxygen atoms in total. The standard InChI is InChI=1S/C21H36N4O/c1-18(2)11-15-26-16-12-23-21(22-3)24-20-9-13-25(14-10-20)17-19-7-5-4-6-8-19/h4-8,18,20H,9-17H2,1-3H3,(H2,22,23,24). The zero-order valence-electron chi connectivity index (χ0n) is 16.7. The van der Waals surface area contributed by atoms with Crippen molar-refractivity contribution < 1.29 is 4.74 Å². The molecular formula is C21H36N4O. The number of hydrogen-bond acceptors (Lipinski definition) is 3. The fraction of sp³-hybridized carbons (Fsp3) is 0.667. The van der Waals surface area contributed by atoms with Gasteiger partial charge in [-0.2, -0.15) is 0 Å². The molecule has 1 aromatic carbocycles. The minimum Gasteiger partial charge on any atom is -0.380 e. The zero-order chi connectivity index (χ0) is 18.6. The smallest absolute Gasteiger partial charge is 0.191 e. The number of rotatable bonds is 9. The number of hydrogen-bond donors (Lipinski definition) is 2. The molecule has 1 aliphatic rings. The van der Waals surface area contributed by atoms with Crippen LogP contribution in [0, 0.1) is 5.92 Å². The largest absolute Gasteiger partial charge is 0.380 e. The second-order valence-electron chi connectivity index (χ2n) is 7.47. The quantitative estimate of drug-likeness (QED) is 0.404. The van der Waals surface area contributed by atoms with Crippen molar-refractivity contribution in [2.24, 2.45) is 10.9 Å². The van der Waals surface area contributed by atoms with E-state index in [4.69, 9.17) is 4.74 Å². The second kappa shape index (κ2) is 11.9. The maximum atomic E-state index is 5.65. The zero-order valence-corrected chi connectivity index (χ0v) is 16.7. The summed E-state index contributed by atoms with van der Waals surface area (Å²) >= 11 is 0. The Morgan fingerprint density at radius 3 is 2.58 bits per heavy atom. The highest BCUT2D eigenvalue weighted by molar-refractivity contribution is 5.79. The van der Waals surface area contributed by atoms with E-state index in [9.17, 15) is 0 Å². The highest BCUT2D eigenvalue weighted by Crippen LogP contribution is 2.13. The van der Waals surface area contributed by atoms with Crippen LogP contribution in [0.4, 0.5) is 0 Å². The van der Waals surface area contributed by atoms with Crippen LogP contribution in [-0.4, -0.2) is 56.8 Å². The van der Waals surface area contributed by atoms with E-state index < -0.39 is 0 Å². The molecule has 0 unspecified atom stereocenters. The molecule has 146 valence electrons. The van der Waals surface area contributed by atoms with Gasteiger partial charge in [0.15, 0.2) is 5.96 Å². The maximum Gasteiger partial charge on any atom is 0.191 e. The summed E-state index contributed by atoms with van der Waals surface area (Å²) < 4.78 is 5.65. The van der Waals surface area contributed by atoms with Crippen molar-refractivity contribution in [3.8, 4) is 0 Å². The average Bonchev–Trinajstić information content (AvgIpc) is 2.65. The number of ether oxygens (including phenoxy) is 1. The van der Waals surface area contributed by atoms with Crippen LogP contribution in [0.15, 0.2) is 35.3 Å². The summed E-state index contributed by atoms with van der Waals surface area (Å²) in [6, 6.07) is 11.2. The normalized spacial score (nSPS) is 16.8. The summed E-state index contributed by atoms with van der Waals surface area (Å²) in [7, 11) is 1.83. The van der Waals surface area contributed by atoms with E-state index >= 15 is 0 Å². The van der Waals surface area contributed by atoms with Crippen LogP contribution in [0.25, 0.3) is 0 Å². The van der Waals surface area contributed by atoms with Crippen LogP contribution >= 0.6 is 0 Å². The first-order valence-electron chi connectivity index (χ1n) is 9.98. The summed E-state index contributed by atoms with van der Waals surface area (Å²) in [5.41, 5.74) is 1.40. The Bertz CT molecular complexity index is 510. The molecule has 0 saturated carbocycles. The molecule has 0 bridgehead atoms. The second-order valence-corrected chi connectivity index (χ2v) is 7.47. The van der Waals surface area contributed by atoms with E-state index in [-0.39, 0.29) is 0 Å². The first kappa shape index (κ1) is 20.7. The van der Waals surface area contributed by atoms with Crippen molar-refractivity contribution in [1.82, 2.24) is 15.5 Å². The predicted molar refractivity (Wildman–Crippen MR) is 110 cm³/mol. The molecule has 5 heteroatoms. The molecule has 0 radical (unpaired) electrons. The van der Waals surface area contributed by atoms with Crippen LogP contribution in [-0.2, 0) is 11.3 Å². The number of benzene rings is 1. The predicted octanol–water partition coefficient (Wildman–Crippen LogP) is 2.88. The lowest BCUT2D eigenvalue weighted by Crippen LogP contribution is -2.49. The maximum absolute atomic E-state index is 5.65. The molecule has 1 aliphatic heterocycles. The van der Waals surface area contributed by atoms with E-state index in [0.717, 1.165) is 64.6 Å². The van der Waals surface area contributed by atoms with Gasteiger partial charge in [0.1, 0.15) is 0 Å². The Morgan fingerprint density at radius 1 is 1.19 bits per heavy atom. The molecule has 0 aromatic heterocycles. The molecule has 1 saturated heterocycles. The van der Waals surface area contributed by atoms with Gasteiger partial charge < -0.3 is 15.4 Å². The average molecular weight is 361 g/mol. The van der Waals surface area contributed by atoms with Gasteiger partial charge in [-0.25, -0.2) is 0 Å². The first-order valence-corrected chi connectivity index (χ1v) is 9.98. The summed E-state index contributed by atoms with van der Waals surface area (Å²) in [6.45, 7) is 10.1. The molecule has 1 aromatic rings. The van der Waals surface area contributed by atoms with E-state index in [2.05, 4.69) is 64.7 Å². The minimum atomic E-state index is 0.495. The Labute approximate surface area is 159 Å². The summed E-state index contributed by atoms with van der Waals surface area (Å²) in [4.78, 5) is 6.87. The molecule has 0 spiro atoms. The number of likely N-dealkylation sites (tertiary alicyclic amines) is 1. The van der Waals surface area contributed by atoms with Gasteiger partial charge in [0.25, 0.3) is 0 Å². The van der Waals surface area contributed by atoms with Crippen molar-refractivity contribution in [3.05, 3.63) is 35.9 Å². The highest BCUT2D eigenvalue weighted by atomic mass is 16.5. The fourth-order valence-electron chi connectivity index (χ4n) is 3.13. The van der Waals surface area contributed by atoms with Crippen molar-refractivity contribution >= 4 is 5.96 Å². The number of nitrogens with one attached hydrogen (secondary N) is 2. The van der Waals surface area contributed by atoms with Gasteiger partial charge in [-0.1, -0.05) is 44.2 Å². The SMILES string of the molecule is CN=C(NCCOCCC(C)C)NC1CCN(Cc2ccccc2)CC1. The van der Waals surface area contributed by atoms with Crippen LogP contribution in [0.3, 0.4) is 0 Å². The van der Waals surface area contributed by atoms with Gasteiger partial charge in [-0.15, -0.1) is 0 Å². The Morgan fingerprint density at radius 2 is 1.92 bits per heavy atom. The highest BCUT2D eigenvalue weighted by Gasteiger charge is 2.19. The Hall–Kier alpha value is -1.59. The van der Waals surface area contributed by atoms with E-state index in [0.29, 0.717) is 12.0 Å². The molecule has 1 heterocycles. The van der Waals surface area contributed by atoms with Gasteiger partial charge in [0.2, 0.25) is 0 Å². The third kappa shape index (κ3) is 8.19.